The van der Waals surface area contributed by atoms with E-state index < -0.39 is 0 Å². The molecule has 0 aliphatic heterocycles. The van der Waals surface area contributed by atoms with E-state index in [1.807, 2.05) is 13.1 Å². The molecule has 0 radical (unpaired) electrons. The molecule has 0 amide bonds. The van der Waals surface area contributed by atoms with Crippen LogP contribution in [0, 0.1) is 5.82 Å². The number of rotatable bonds is 5. The molecule has 1 aromatic carbocycles. The Hall–Kier alpha value is -0.450. The number of likely N-dealkylation sites (N-methyl/N-ethyl adjacent to an activating group) is 1. The smallest absolute Gasteiger partial charge is 0.137 e. The van der Waals surface area contributed by atoms with Crippen molar-refractivity contribution >= 4 is 15.9 Å². The van der Waals surface area contributed by atoms with E-state index >= 15 is 0 Å². The standard InChI is InChI=1S/C14H22BrFN2/c1-14(2,3)17-8-9-18(4)10-11-6-5-7-12(16)13(11)15/h5-7,17H,8-10H2,1-4H3. The molecule has 0 saturated carbocycles. The molecule has 1 aromatic rings. The molecule has 102 valence electrons. The predicted molar refractivity (Wildman–Crippen MR) is 78.2 cm³/mol. The van der Waals surface area contributed by atoms with Crippen LogP contribution in [0.3, 0.4) is 0 Å². The van der Waals surface area contributed by atoms with Gasteiger partial charge in [-0.25, -0.2) is 4.39 Å². The van der Waals surface area contributed by atoms with Gasteiger partial charge in [0, 0.05) is 25.2 Å². The average molecular weight is 317 g/mol. The molecule has 0 fully saturated rings. The Labute approximate surface area is 118 Å². The van der Waals surface area contributed by atoms with Crippen molar-refractivity contribution in [1.82, 2.24) is 10.2 Å². The highest BCUT2D eigenvalue weighted by Crippen LogP contribution is 2.21. The van der Waals surface area contributed by atoms with Crippen LogP contribution in [-0.2, 0) is 6.54 Å². The van der Waals surface area contributed by atoms with Gasteiger partial charge in [-0.05, 0) is 55.4 Å². The fraction of sp³-hybridized carbons (Fsp3) is 0.571. The maximum absolute atomic E-state index is 13.4. The van der Waals surface area contributed by atoms with Crippen LogP contribution in [0.25, 0.3) is 0 Å². The fourth-order valence-electron chi connectivity index (χ4n) is 1.66. The molecule has 2 nitrogen and oxygen atoms in total. The minimum atomic E-state index is -0.200. The van der Waals surface area contributed by atoms with Gasteiger partial charge in [-0.3, -0.25) is 0 Å². The molecule has 0 spiro atoms. The minimum Gasteiger partial charge on any atom is -0.311 e. The third-order valence-electron chi connectivity index (χ3n) is 2.62. The third-order valence-corrected chi connectivity index (χ3v) is 3.51. The molecule has 0 heterocycles. The van der Waals surface area contributed by atoms with Gasteiger partial charge in [0.1, 0.15) is 5.82 Å². The largest absolute Gasteiger partial charge is 0.311 e. The first-order valence-corrected chi connectivity index (χ1v) is 6.95. The van der Waals surface area contributed by atoms with Gasteiger partial charge in [0.05, 0.1) is 4.47 Å². The summed E-state index contributed by atoms with van der Waals surface area (Å²) in [6.45, 7) is 9.04. The summed E-state index contributed by atoms with van der Waals surface area (Å²) in [4.78, 5) is 2.18. The van der Waals surface area contributed by atoms with Crippen molar-refractivity contribution in [2.75, 3.05) is 20.1 Å². The lowest BCUT2D eigenvalue weighted by Crippen LogP contribution is -2.40. The molecule has 0 atom stereocenters. The van der Waals surface area contributed by atoms with Gasteiger partial charge in [-0.15, -0.1) is 0 Å². The van der Waals surface area contributed by atoms with Gasteiger partial charge in [-0.1, -0.05) is 12.1 Å². The van der Waals surface area contributed by atoms with Crippen LogP contribution >= 0.6 is 15.9 Å². The Morgan fingerprint density at radius 3 is 2.61 bits per heavy atom. The van der Waals surface area contributed by atoms with Crippen molar-refractivity contribution in [2.45, 2.75) is 32.9 Å². The highest BCUT2D eigenvalue weighted by molar-refractivity contribution is 9.10. The Morgan fingerprint density at radius 2 is 2.00 bits per heavy atom. The maximum Gasteiger partial charge on any atom is 0.137 e. The Morgan fingerprint density at radius 1 is 1.33 bits per heavy atom. The first kappa shape index (κ1) is 15.6. The normalized spacial score (nSPS) is 12.2. The minimum absolute atomic E-state index is 0.139. The lowest BCUT2D eigenvalue weighted by Gasteiger charge is -2.23. The first-order chi connectivity index (χ1) is 8.29. The monoisotopic (exact) mass is 316 g/mol. The molecule has 0 aromatic heterocycles. The first-order valence-electron chi connectivity index (χ1n) is 6.16. The highest BCUT2D eigenvalue weighted by atomic mass is 79.9. The summed E-state index contributed by atoms with van der Waals surface area (Å²) in [7, 11) is 2.04. The predicted octanol–water partition coefficient (Wildman–Crippen LogP) is 3.41. The molecule has 0 bridgehead atoms. The van der Waals surface area contributed by atoms with E-state index in [1.165, 1.54) is 6.07 Å². The number of nitrogens with one attached hydrogen (secondary N) is 1. The van der Waals surface area contributed by atoms with E-state index in [9.17, 15) is 4.39 Å². The molecule has 1 rings (SSSR count). The Balaban J connectivity index is 2.45. The van der Waals surface area contributed by atoms with Gasteiger partial charge >= 0.3 is 0 Å². The summed E-state index contributed by atoms with van der Waals surface area (Å²) >= 11 is 3.29. The van der Waals surface area contributed by atoms with Crippen molar-refractivity contribution < 1.29 is 4.39 Å². The summed E-state index contributed by atoms with van der Waals surface area (Å²) in [5, 5.41) is 3.44. The molecular formula is C14H22BrFN2. The van der Waals surface area contributed by atoms with Crippen LogP contribution in [0.15, 0.2) is 22.7 Å². The van der Waals surface area contributed by atoms with E-state index in [1.54, 1.807) is 6.07 Å². The van der Waals surface area contributed by atoms with Crippen molar-refractivity contribution in [3.63, 3.8) is 0 Å². The van der Waals surface area contributed by atoms with E-state index in [2.05, 4.69) is 46.9 Å². The molecule has 1 N–H and O–H groups in total. The van der Waals surface area contributed by atoms with Gasteiger partial charge in [-0.2, -0.15) is 0 Å². The second kappa shape index (κ2) is 6.64. The number of halogens is 2. The topological polar surface area (TPSA) is 15.3 Å². The van der Waals surface area contributed by atoms with E-state index in [4.69, 9.17) is 0 Å². The summed E-state index contributed by atoms with van der Waals surface area (Å²) < 4.78 is 13.9. The average Bonchev–Trinajstić information content (AvgIpc) is 2.23. The summed E-state index contributed by atoms with van der Waals surface area (Å²) in [6.07, 6.45) is 0. The highest BCUT2D eigenvalue weighted by Gasteiger charge is 2.10. The second-order valence-corrected chi connectivity index (χ2v) is 6.42. The lowest BCUT2D eigenvalue weighted by molar-refractivity contribution is 0.302. The Bertz CT molecular complexity index is 388. The molecule has 4 heteroatoms. The van der Waals surface area contributed by atoms with Crippen LogP contribution in [0.2, 0.25) is 0 Å². The van der Waals surface area contributed by atoms with Gasteiger partial charge < -0.3 is 10.2 Å². The number of benzene rings is 1. The van der Waals surface area contributed by atoms with Crippen molar-refractivity contribution in [2.24, 2.45) is 0 Å². The zero-order valence-electron chi connectivity index (χ0n) is 11.6. The second-order valence-electron chi connectivity index (χ2n) is 5.63. The van der Waals surface area contributed by atoms with Crippen LogP contribution in [0.4, 0.5) is 4.39 Å². The summed E-state index contributed by atoms with van der Waals surface area (Å²) in [5.41, 5.74) is 1.12. The quantitative estimate of drug-likeness (QED) is 0.895. The molecule has 0 aliphatic rings. The van der Waals surface area contributed by atoms with Gasteiger partial charge in [0.25, 0.3) is 0 Å². The maximum atomic E-state index is 13.4. The zero-order valence-corrected chi connectivity index (χ0v) is 13.1. The number of hydrogen-bond donors (Lipinski definition) is 1. The molecule has 0 aliphatic carbocycles. The van der Waals surface area contributed by atoms with Crippen LogP contribution in [0.1, 0.15) is 26.3 Å². The molecule has 18 heavy (non-hydrogen) atoms. The van der Waals surface area contributed by atoms with Gasteiger partial charge in [0.2, 0.25) is 0 Å². The van der Waals surface area contributed by atoms with Crippen LogP contribution in [-0.4, -0.2) is 30.6 Å². The summed E-state index contributed by atoms with van der Waals surface area (Å²) in [5.74, 6) is -0.200. The van der Waals surface area contributed by atoms with Crippen molar-refractivity contribution in [3.8, 4) is 0 Å². The fourth-order valence-corrected chi connectivity index (χ4v) is 2.05. The SMILES string of the molecule is CN(CCNC(C)(C)C)Cc1cccc(F)c1Br. The van der Waals surface area contributed by atoms with E-state index in [-0.39, 0.29) is 11.4 Å². The number of nitrogens with zero attached hydrogens (tertiary/aromatic N) is 1. The van der Waals surface area contributed by atoms with Crippen molar-refractivity contribution in [1.29, 1.82) is 0 Å². The zero-order chi connectivity index (χ0) is 13.8. The molecular weight excluding hydrogens is 295 g/mol. The van der Waals surface area contributed by atoms with Crippen LogP contribution in [0.5, 0.6) is 0 Å². The Kier molecular flexibility index (Phi) is 5.76. The molecule has 0 unspecified atom stereocenters. The van der Waals surface area contributed by atoms with E-state index in [0.29, 0.717) is 4.47 Å². The molecule has 0 saturated heterocycles. The van der Waals surface area contributed by atoms with Crippen molar-refractivity contribution in [3.05, 3.63) is 34.1 Å². The van der Waals surface area contributed by atoms with Gasteiger partial charge in [0.15, 0.2) is 0 Å². The lowest BCUT2D eigenvalue weighted by atomic mass is 10.1. The van der Waals surface area contributed by atoms with E-state index in [0.717, 1.165) is 25.2 Å². The van der Waals surface area contributed by atoms with Crippen LogP contribution < -0.4 is 5.32 Å². The number of hydrogen-bond acceptors (Lipinski definition) is 2. The third kappa shape index (κ3) is 5.46. The summed E-state index contributed by atoms with van der Waals surface area (Å²) in [6, 6.07) is 5.16.